The normalized spacial score (nSPS) is 11.2. The second-order valence-corrected chi connectivity index (χ2v) is 5.56. The zero-order valence-electron chi connectivity index (χ0n) is 11.0. The molecule has 0 amide bonds. The highest BCUT2D eigenvalue weighted by Gasteiger charge is 1.99. The Bertz CT molecular complexity index is 356. The van der Waals surface area contributed by atoms with Crippen molar-refractivity contribution in [1.29, 1.82) is 0 Å². The molecule has 1 aromatic carbocycles. The molecule has 0 spiro atoms. The lowest BCUT2D eigenvalue weighted by Crippen LogP contribution is -2.17. The third-order valence-electron chi connectivity index (χ3n) is 2.41. The van der Waals surface area contributed by atoms with Crippen LogP contribution in [0.5, 0.6) is 0 Å². The van der Waals surface area contributed by atoms with Gasteiger partial charge in [0.05, 0.1) is 10.0 Å². The minimum Gasteiger partial charge on any atom is -0.381 e. The molecule has 18 heavy (non-hydrogen) atoms. The van der Waals surface area contributed by atoms with Crippen LogP contribution in [-0.4, -0.2) is 19.8 Å². The van der Waals surface area contributed by atoms with Crippen LogP contribution < -0.4 is 5.32 Å². The maximum Gasteiger partial charge on any atom is 0.0595 e. The summed E-state index contributed by atoms with van der Waals surface area (Å²) >= 11 is 11.8. The molecular formula is C14H21Cl2NO. The van der Waals surface area contributed by atoms with E-state index in [4.69, 9.17) is 27.9 Å². The molecule has 0 aliphatic heterocycles. The van der Waals surface area contributed by atoms with E-state index >= 15 is 0 Å². The van der Waals surface area contributed by atoms with Gasteiger partial charge in [0, 0.05) is 19.8 Å². The van der Waals surface area contributed by atoms with E-state index in [0.717, 1.165) is 38.3 Å². The van der Waals surface area contributed by atoms with Gasteiger partial charge in [0.2, 0.25) is 0 Å². The van der Waals surface area contributed by atoms with Crippen molar-refractivity contribution in [2.75, 3.05) is 19.8 Å². The molecule has 1 N–H and O–H groups in total. The summed E-state index contributed by atoms with van der Waals surface area (Å²) in [4.78, 5) is 0. The SMILES string of the molecule is CC(C)COCCCNCc1ccc(Cl)c(Cl)c1. The first-order valence-electron chi connectivity index (χ1n) is 6.32. The Morgan fingerprint density at radius 1 is 1.22 bits per heavy atom. The van der Waals surface area contributed by atoms with Crippen LogP contribution in [-0.2, 0) is 11.3 Å². The first-order valence-corrected chi connectivity index (χ1v) is 7.07. The van der Waals surface area contributed by atoms with Crippen molar-refractivity contribution in [3.8, 4) is 0 Å². The number of nitrogens with one attached hydrogen (secondary N) is 1. The summed E-state index contributed by atoms with van der Waals surface area (Å²) in [5, 5.41) is 4.56. The Morgan fingerprint density at radius 2 is 2.00 bits per heavy atom. The molecule has 0 aromatic heterocycles. The first-order chi connectivity index (χ1) is 8.59. The fourth-order valence-corrected chi connectivity index (χ4v) is 1.82. The molecule has 4 heteroatoms. The van der Waals surface area contributed by atoms with Gasteiger partial charge in [-0.25, -0.2) is 0 Å². The lowest BCUT2D eigenvalue weighted by atomic mass is 10.2. The third kappa shape index (κ3) is 6.60. The number of benzene rings is 1. The molecule has 102 valence electrons. The minimum absolute atomic E-state index is 0.600. The van der Waals surface area contributed by atoms with Gasteiger partial charge < -0.3 is 10.1 Å². The monoisotopic (exact) mass is 289 g/mol. The van der Waals surface area contributed by atoms with E-state index in [9.17, 15) is 0 Å². The average molecular weight is 290 g/mol. The zero-order valence-corrected chi connectivity index (χ0v) is 12.5. The van der Waals surface area contributed by atoms with Crippen LogP contribution >= 0.6 is 23.2 Å². The average Bonchev–Trinajstić information content (AvgIpc) is 2.32. The number of ether oxygens (including phenoxy) is 1. The molecule has 2 nitrogen and oxygen atoms in total. The van der Waals surface area contributed by atoms with Crippen LogP contribution in [0, 0.1) is 5.92 Å². The summed E-state index contributed by atoms with van der Waals surface area (Å²) < 4.78 is 5.50. The van der Waals surface area contributed by atoms with Gasteiger partial charge >= 0.3 is 0 Å². The van der Waals surface area contributed by atoms with Crippen molar-refractivity contribution in [1.82, 2.24) is 5.32 Å². The summed E-state index contributed by atoms with van der Waals surface area (Å²) in [6, 6.07) is 5.70. The Kier molecular flexibility index (Phi) is 7.68. The second-order valence-electron chi connectivity index (χ2n) is 4.75. The molecule has 0 radical (unpaired) electrons. The summed E-state index contributed by atoms with van der Waals surface area (Å²) in [6.07, 6.45) is 1.02. The summed E-state index contributed by atoms with van der Waals surface area (Å²) in [7, 11) is 0. The highest BCUT2D eigenvalue weighted by atomic mass is 35.5. The standard InChI is InChI=1S/C14H21Cl2NO/c1-11(2)10-18-7-3-6-17-9-12-4-5-13(15)14(16)8-12/h4-5,8,11,17H,3,6-7,9-10H2,1-2H3. The molecule has 0 aliphatic carbocycles. The summed E-state index contributed by atoms with van der Waals surface area (Å²) in [5.74, 6) is 0.606. The lowest BCUT2D eigenvalue weighted by Gasteiger charge is -2.08. The highest BCUT2D eigenvalue weighted by molar-refractivity contribution is 6.42. The second kappa shape index (κ2) is 8.76. The topological polar surface area (TPSA) is 21.3 Å². The van der Waals surface area contributed by atoms with E-state index < -0.39 is 0 Å². The predicted molar refractivity (Wildman–Crippen MR) is 78.4 cm³/mol. The number of rotatable bonds is 8. The van der Waals surface area contributed by atoms with Crippen LogP contribution in [0.3, 0.4) is 0 Å². The quantitative estimate of drug-likeness (QED) is 0.726. The molecule has 1 rings (SSSR count). The van der Waals surface area contributed by atoms with Crippen LogP contribution in [0.25, 0.3) is 0 Å². The maximum absolute atomic E-state index is 5.95. The summed E-state index contributed by atoms with van der Waals surface area (Å²) in [5.41, 5.74) is 1.15. The molecule has 0 heterocycles. The van der Waals surface area contributed by atoms with Crippen molar-refractivity contribution >= 4 is 23.2 Å². The van der Waals surface area contributed by atoms with E-state index in [1.54, 1.807) is 0 Å². The molecule has 0 atom stereocenters. The van der Waals surface area contributed by atoms with Crippen LogP contribution in [0.1, 0.15) is 25.8 Å². The molecule has 1 aromatic rings. The molecule has 0 saturated heterocycles. The van der Waals surface area contributed by atoms with E-state index in [1.165, 1.54) is 0 Å². The van der Waals surface area contributed by atoms with Crippen LogP contribution in [0.4, 0.5) is 0 Å². The van der Waals surface area contributed by atoms with Gasteiger partial charge in [-0.2, -0.15) is 0 Å². The minimum atomic E-state index is 0.600. The number of halogens is 2. The van der Waals surface area contributed by atoms with Crippen molar-refractivity contribution in [3.05, 3.63) is 33.8 Å². The van der Waals surface area contributed by atoms with E-state index in [0.29, 0.717) is 16.0 Å². The Labute approximate surface area is 120 Å². The Balaban J connectivity index is 2.09. The van der Waals surface area contributed by atoms with Gasteiger partial charge in [-0.05, 0) is 36.6 Å². The molecule has 0 saturated carbocycles. The fraction of sp³-hybridized carbons (Fsp3) is 0.571. The smallest absolute Gasteiger partial charge is 0.0595 e. The molecule has 0 unspecified atom stereocenters. The molecule has 0 bridgehead atoms. The van der Waals surface area contributed by atoms with Crippen molar-refractivity contribution in [2.24, 2.45) is 5.92 Å². The largest absolute Gasteiger partial charge is 0.381 e. The van der Waals surface area contributed by atoms with Crippen molar-refractivity contribution in [2.45, 2.75) is 26.8 Å². The van der Waals surface area contributed by atoms with Gasteiger partial charge in [0.15, 0.2) is 0 Å². The van der Waals surface area contributed by atoms with Gasteiger partial charge in [-0.15, -0.1) is 0 Å². The third-order valence-corrected chi connectivity index (χ3v) is 3.15. The van der Waals surface area contributed by atoms with Crippen LogP contribution in [0.2, 0.25) is 10.0 Å². The fourth-order valence-electron chi connectivity index (χ4n) is 1.50. The van der Waals surface area contributed by atoms with Gasteiger partial charge in [0.25, 0.3) is 0 Å². The van der Waals surface area contributed by atoms with E-state index in [-0.39, 0.29) is 0 Å². The zero-order chi connectivity index (χ0) is 13.4. The summed E-state index contributed by atoms with van der Waals surface area (Å²) in [6.45, 7) is 7.71. The van der Waals surface area contributed by atoms with Gasteiger partial charge in [-0.3, -0.25) is 0 Å². The lowest BCUT2D eigenvalue weighted by molar-refractivity contribution is 0.108. The van der Waals surface area contributed by atoms with Gasteiger partial charge in [0.1, 0.15) is 0 Å². The highest BCUT2D eigenvalue weighted by Crippen LogP contribution is 2.22. The Morgan fingerprint density at radius 3 is 2.67 bits per heavy atom. The first kappa shape index (κ1) is 15.8. The van der Waals surface area contributed by atoms with Crippen molar-refractivity contribution in [3.63, 3.8) is 0 Å². The maximum atomic E-state index is 5.95. The van der Waals surface area contributed by atoms with Gasteiger partial charge in [-0.1, -0.05) is 43.1 Å². The predicted octanol–water partition coefficient (Wildman–Crippen LogP) is 4.15. The molecular weight excluding hydrogens is 269 g/mol. The van der Waals surface area contributed by atoms with Crippen LogP contribution in [0.15, 0.2) is 18.2 Å². The molecule has 0 aliphatic rings. The number of hydrogen-bond acceptors (Lipinski definition) is 2. The van der Waals surface area contributed by atoms with E-state index in [1.807, 2.05) is 18.2 Å². The number of hydrogen-bond donors (Lipinski definition) is 1. The molecule has 0 fully saturated rings. The van der Waals surface area contributed by atoms with Crippen molar-refractivity contribution < 1.29 is 4.74 Å². The van der Waals surface area contributed by atoms with E-state index in [2.05, 4.69) is 19.2 Å². The Hall–Kier alpha value is -0.280.